The highest BCUT2D eigenvalue weighted by Gasteiger charge is 2.69. The number of aliphatic hydroxyl groups is 2. The Kier molecular flexibility index (Phi) is 8.07. The first-order chi connectivity index (χ1) is 16.2. The fourth-order valence-electron chi connectivity index (χ4n) is 10.8. The molecule has 7 heteroatoms. The van der Waals surface area contributed by atoms with Crippen LogP contribution in [0.15, 0.2) is 11.6 Å². The lowest BCUT2D eigenvalue weighted by atomic mass is 9.33. The SMILES string of the molecule is CC1(C)CCC2(C(=O)[O][Al])CCC3(C)C(=CCC4C5(C)CCC(O)C(C)(CO)C5CCC43C)C2C1.O.O. The van der Waals surface area contributed by atoms with Gasteiger partial charge in [0.2, 0.25) is 0 Å². The van der Waals surface area contributed by atoms with E-state index in [1.165, 1.54) is 0 Å². The zero-order valence-corrected chi connectivity index (χ0v) is 25.1. The second-order valence-corrected chi connectivity index (χ2v) is 15.2. The first-order valence-electron chi connectivity index (χ1n) is 14.1. The summed E-state index contributed by atoms with van der Waals surface area (Å²) in [5.41, 5.74) is 1.31. The molecule has 5 rings (SSSR count). The molecule has 0 spiro atoms. The molecule has 5 aliphatic carbocycles. The van der Waals surface area contributed by atoms with Gasteiger partial charge in [0.05, 0.1) is 18.1 Å². The second-order valence-electron chi connectivity index (χ2n) is 15.0. The van der Waals surface area contributed by atoms with Crippen molar-refractivity contribution in [1.82, 2.24) is 0 Å². The summed E-state index contributed by atoms with van der Waals surface area (Å²) in [7, 11) is 0. The van der Waals surface area contributed by atoms with Gasteiger partial charge in [-0.2, -0.15) is 0 Å². The van der Waals surface area contributed by atoms with E-state index in [0.717, 1.165) is 64.2 Å². The number of hydrogen-bond donors (Lipinski definition) is 2. The first-order valence-corrected chi connectivity index (χ1v) is 14.6. The van der Waals surface area contributed by atoms with Crippen LogP contribution in [-0.2, 0) is 8.58 Å². The van der Waals surface area contributed by atoms with Gasteiger partial charge in [0.1, 0.15) is 0 Å². The van der Waals surface area contributed by atoms with Crippen molar-refractivity contribution >= 4 is 22.6 Å². The molecule has 4 saturated carbocycles. The van der Waals surface area contributed by atoms with Crippen molar-refractivity contribution in [1.29, 1.82) is 0 Å². The molecule has 6 N–H and O–H groups in total. The molecular formula is C30H51AlO6. The molecule has 0 aromatic carbocycles. The lowest BCUT2D eigenvalue weighted by Crippen LogP contribution is -2.66. The number of rotatable bonds is 2. The van der Waals surface area contributed by atoms with Crippen molar-refractivity contribution in [2.24, 2.45) is 50.2 Å². The van der Waals surface area contributed by atoms with E-state index in [9.17, 15) is 15.0 Å². The van der Waals surface area contributed by atoms with Crippen molar-refractivity contribution in [2.45, 2.75) is 112 Å². The Labute approximate surface area is 232 Å². The summed E-state index contributed by atoms with van der Waals surface area (Å²) in [6, 6.07) is 0. The molecule has 0 amide bonds. The summed E-state index contributed by atoms with van der Waals surface area (Å²) >= 11 is 2.24. The van der Waals surface area contributed by atoms with E-state index in [1.54, 1.807) is 5.57 Å². The molecular weight excluding hydrogens is 483 g/mol. The first kappa shape index (κ1) is 31.1. The molecule has 0 aromatic rings. The van der Waals surface area contributed by atoms with Crippen LogP contribution < -0.4 is 0 Å². The largest absolute Gasteiger partial charge is 0.628 e. The third-order valence-corrected chi connectivity index (χ3v) is 13.5. The summed E-state index contributed by atoms with van der Waals surface area (Å²) in [6.07, 6.45) is 12.2. The lowest BCUT2D eigenvalue weighted by molar-refractivity contribution is -0.216. The normalized spacial score (nSPS) is 49.9. The Hall–Kier alpha value is -0.418. The van der Waals surface area contributed by atoms with Crippen molar-refractivity contribution in [3.05, 3.63) is 11.6 Å². The fraction of sp³-hybridized carbons (Fsp3) is 0.900. The number of carbonyl (C=O) groups excluding carboxylic acids is 1. The minimum absolute atomic E-state index is 0. The van der Waals surface area contributed by atoms with E-state index in [0.29, 0.717) is 11.8 Å². The van der Waals surface area contributed by atoms with Gasteiger partial charge in [0, 0.05) is 5.41 Å². The zero-order chi connectivity index (χ0) is 25.7. The molecule has 9 atom stereocenters. The molecule has 0 aliphatic heterocycles. The number of aliphatic hydroxyl groups excluding tert-OH is 2. The zero-order valence-electron chi connectivity index (χ0n) is 24.0. The Balaban J connectivity index is 0.00000190. The molecule has 210 valence electrons. The fourth-order valence-corrected chi connectivity index (χ4v) is 11.0. The van der Waals surface area contributed by atoms with E-state index in [1.807, 2.05) is 0 Å². The quantitative estimate of drug-likeness (QED) is 0.408. The van der Waals surface area contributed by atoms with Gasteiger partial charge in [-0.15, -0.1) is 0 Å². The van der Waals surface area contributed by atoms with Crippen LogP contribution in [0, 0.1) is 50.2 Å². The maximum atomic E-state index is 13.3. The van der Waals surface area contributed by atoms with Gasteiger partial charge < -0.3 is 25.0 Å². The molecule has 0 saturated heterocycles. The van der Waals surface area contributed by atoms with Crippen LogP contribution in [0.2, 0.25) is 0 Å². The minimum Gasteiger partial charge on any atom is -0.628 e. The molecule has 0 heterocycles. The van der Waals surface area contributed by atoms with Crippen molar-refractivity contribution < 1.29 is 29.7 Å². The second kappa shape index (κ2) is 9.60. The van der Waals surface area contributed by atoms with Crippen LogP contribution >= 0.6 is 0 Å². The Morgan fingerprint density at radius 1 is 0.973 bits per heavy atom. The van der Waals surface area contributed by atoms with Crippen LogP contribution in [0.3, 0.4) is 0 Å². The molecule has 9 unspecified atom stereocenters. The molecule has 0 bridgehead atoms. The summed E-state index contributed by atoms with van der Waals surface area (Å²) in [6.45, 7) is 14.5. The highest BCUT2D eigenvalue weighted by molar-refractivity contribution is 6.06. The van der Waals surface area contributed by atoms with E-state index in [-0.39, 0.29) is 56.5 Å². The minimum atomic E-state index is -0.420. The van der Waals surface area contributed by atoms with E-state index in [2.05, 4.69) is 64.2 Å². The monoisotopic (exact) mass is 534 g/mol. The third-order valence-electron chi connectivity index (χ3n) is 13.3. The molecule has 37 heavy (non-hydrogen) atoms. The van der Waals surface area contributed by atoms with E-state index >= 15 is 0 Å². The van der Waals surface area contributed by atoms with Crippen LogP contribution in [0.1, 0.15) is 106 Å². The van der Waals surface area contributed by atoms with Gasteiger partial charge in [-0.05, 0) is 104 Å². The van der Waals surface area contributed by atoms with E-state index < -0.39 is 11.5 Å². The molecule has 2 radical (unpaired) electrons. The summed E-state index contributed by atoms with van der Waals surface area (Å²) in [5.74, 6) is 1.11. The third kappa shape index (κ3) is 3.89. The molecule has 5 aliphatic rings. The van der Waals surface area contributed by atoms with Gasteiger partial charge in [0.25, 0.3) is 5.97 Å². The van der Waals surface area contributed by atoms with Crippen LogP contribution in [0.25, 0.3) is 0 Å². The van der Waals surface area contributed by atoms with Crippen molar-refractivity contribution in [3.8, 4) is 0 Å². The van der Waals surface area contributed by atoms with Gasteiger partial charge in [-0.1, -0.05) is 53.2 Å². The smallest absolute Gasteiger partial charge is 0.484 e. The number of carbonyl (C=O) groups is 1. The van der Waals surface area contributed by atoms with Crippen LogP contribution in [0.4, 0.5) is 0 Å². The van der Waals surface area contributed by atoms with Crippen molar-refractivity contribution in [3.63, 3.8) is 0 Å². The Morgan fingerprint density at radius 3 is 2.24 bits per heavy atom. The average Bonchev–Trinajstić information content (AvgIpc) is 2.81. The molecule has 6 nitrogen and oxygen atoms in total. The Bertz CT molecular complexity index is 935. The topological polar surface area (TPSA) is 130 Å². The van der Waals surface area contributed by atoms with Gasteiger partial charge in [0.15, 0.2) is 0 Å². The van der Waals surface area contributed by atoms with E-state index in [4.69, 9.17) is 3.79 Å². The predicted octanol–water partition coefficient (Wildman–Crippen LogP) is 4.10. The summed E-state index contributed by atoms with van der Waals surface area (Å²) < 4.78 is 5.40. The van der Waals surface area contributed by atoms with Crippen LogP contribution in [-0.4, -0.2) is 56.5 Å². The van der Waals surface area contributed by atoms with Crippen LogP contribution in [0.5, 0.6) is 0 Å². The van der Waals surface area contributed by atoms with Gasteiger partial charge in [-0.3, -0.25) is 4.79 Å². The maximum absolute atomic E-state index is 13.3. The number of allylic oxidation sites excluding steroid dienone is 2. The average molecular weight is 535 g/mol. The predicted molar refractivity (Wildman–Crippen MR) is 146 cm³/mol. The highest BCUT2D eigenvalue weighted by atomic mass is 27.1. The number of hydrogen-bond acceptors (Lipinski definition) is 4. The summed E-state index contributed by atoms with van der Waals surface area (Å²) in [5, 5.41) is 21.4. The summed E-state index contributed by atoms with van der Waals surface area (Å²) in [4.78, 5) is 13.3. The standard InChI is InChI=1S/C30H48O4.Al.2H2O/c1-25(2)13-15-30(24(33)34)16-14-28(5)19(20(30)17-25)7-8-22-26(3)11-10-23(32)27(4,18-31)21(26)9-12-29(22,28)6;;;/h7,20-23,31-32H,8-18H2,1-6H3,(H,33,34);;2*1H2/q;+1;;/p-1. The maximum Gasteiger partial charge on any atom is 0.484 e. The van der Waals surface area contributed by atoms with Crippen molar-refractivity contribution in [2.75, 3.05) is 6.61 Å². The lowest BCUT2D eigenvalue weighted by Gasteiger charge is -2.71. The molecule has 0 aromatic heterocycles. The highest BCUT2D eigenvalue weighted by Crippen LogP contribution is 2.75. The van der Waals surface area contributed by atoms with Gasteiger partial charge in [-0.25, -0.2) is 0 Å². The number of fused-ring (bicyclic) bond motifs is 7. The molecule has 4 fully saturated rings. The van der Waals surface area contributed by atoms with Gasteiger partial charge >= 0.3 is 16.6 Å². The Morgan fingerprint density at radius 2 is 1.62 bits per heavy atom.